The molecule has 2 aliphatic heterocycles. The molecule has 0 radical (unpaired) electrons. The molecule has 0 saturated carbocycles. The highest BCUT2D eigenvalue weighted by Crippen LogP contribution is 2.44. The van der Waals surface area contributed by atoms with Crippen LogP contribution in [-0.4, -0.2) is 78.4 Å². The largest absolute Gasteiger partial charge is 0.455 e. The van der Waals surface area contributed by atoms with E-state index in [1.807, 2.05) is 10.5 Å². The number of aliphatic hydroxyl groups excluding tert-OH is 1. The highest BCUT2D eigenvalue weighted by Gasteiger charge is 2.39. The van der Waals surface area contributed by atoms with Crippen molar-refractivity contribution in [1.29, 1.82) is 0 Å². The molecular weight excluding hydrogens is 710 g/mol. The molecule has 4 aromatic heterocycles. The van der Waals surface area contributed by atoms with Crippen molar-refractivity contribution in [2.45, 2.75) is 31.3 Å². The molecule has 15 heteroatoms. The average Bonchev–Trinajstić information content (AvgIpc) is 3.92. The van der Waals surface area contributed by atoms with E-state index in [4.69, 9.17) is 19.1 Å². The molecule has 3 aromatic carbocycles. The summed E-state index contributed by atoms with van der Waals surface area (Å²) in [5.74, 6) is -1.42. The molecule has 0 amide bonds. The van der Waals surface area contributed by atoms with Gasteiger partial charge in [-0.1, -0.05) is 6.07 Å². The summed E-state index contributed by atoms with van der Waals surface area (Å²) in [6, 6.07) is 16.6. The number of ether oxygens (including phenoxy) is 1. The van der Waals surface area contributed by atoms with Crippen LogP contribution in [0.15, 0.2) is 71.1 Å². The molecule has 0 spiro atoms. The number of hydrogen-bond acceptors (Lipinski definition) is 9. The first kappa shape index (κ1) is 33.8. The summed E-state index contributed by atoms with van der Waals surface area (Å²) >= 11 is 0. The Morgan fingerprint density at radius 2 is 1.83 bits per heavy atom. The number of hydrogen-bond donors (Lipinski definition) is 2. The molecule has 2 saturated heterocycles. The summed E-state index contributed by atoms with van der Waals surface area (Å²) in [5.41, 5.74) is 3.37. The molecule has 53 heavy (non-hydrogen) atoms. The van der Waals surface area contributed by atoms with Crippen LogP contribution in [0, 0.1) is 17.5 Å². The van der Waals surface area contributed by atoms with E-state index in [1.165, 1.54) is 32.3 Å². The summed E-state index contributed by atoms with van der Waals surface area (Å²) in [7, 11) is -0.942. The zero-order valence-electron chi connectivity index (χ0n) is 28.8. The molecular formula is C38H33F3N6O5S. The fraction of sp³-hybridized carbons (Fsp3) is 0.263. The van der Waals surface area contributed by atoms with Crippen LogP contribution in [0.4, 0.5) is 18.9 Å². The summed E-state index contributed by atoms with van der Waals surface area (Å²) in [5, 5.41) is 14.6. The lowest BCUT2D eigenvalue weighted by atomic mass is 10.00. The van der Waals surface area contributed by atoms with Crippen LogP contribution in [0.25, 0.3) is 61.0 Å². The molecule has 3 unspecified atom stereocenters. The molecule has 2 bridgehead atoms. The predicted molar refractivity (Wildman–Crippen MR) is 194 cm³/mol. The van der Waals surface area contributed by atoms with Crippen LogP contribution in [0.1, 0.15) is 24.0 Å². The lowest BCUT2D eigenvalue weighted by molar-refractivity contribution is 0.0262. The topological polar surface area (TPSA) is 125 Å². The number of anilines is 1. The Kier molecular flexibility index (Phi) is 7.80. The Morgan fingerprint density at radius 1 is 1.00 bits per heavy atom. The van der Waals surface area contributed by atoms with Gasteiger partial charge in [-0.05, 0) is 62.0 Å². The first-order chi connectivity index (χ1) is 25.4. The van der Waals surface area contributed by atoms with Crippen LogP contribution >= 0.6 is 0 Å². The van der Waals surface area contributed by atoms with Gasteiger partial charge in [0.1, 0.15) is 46.4 Å². The Morgan fingerprint density at radius 3 is 2.55 bits per heavy atom. The van der Waals surface area contributed by atoms with Crippen molar-refractivity contribution in [3.63, 3.8) is 0 Å². The standard InChI is InChI=1S/C38H33F3N6O5S/c1-42-38(48)35-25-13-24(31(45(2)53(3,49)50)15-33(25)52-37(35)22-8-7-19(39)11-27(22)41)28-9-10-29-36(44-28)32-14-23-26(40)5-4-6-30(23)47(32)34(43-29)17-46-16-21-12-20(46)18-51-21/h4-11,13-15,20-21,38,42,48H,12,16-18H2,1-3H3. The van der Waals surface area contributed by atoms with E-state index in [9.17, 15) is 17.9 Å². The third-order valence-corrected chi connectivity index (χ3v) is 11.6. The quantitative estimate of drug-likeness (QED) is 0.178. The molecule has 6 heterocycles. The number of aromatic nitrogens is 3. The van der Waals surface area contributed by atoms with Gasteiger partial charge in [0.15, 0.2) is 0 Å². The maximum Gasteiger partial charge on any atom is 0.232 e. The van der Waals surface area contributed by atoms with Crippen LogP contribution in [0.2, 0.25) is 0 Å². The van der Waals surface area contributed by atoms with Gasteiger partial charge in [0.2, 0.25) is 10.0 Å². The van der Waals surface area contributed by atoms with Crippen molar-refractivity contribution in [3.05, 3.63) is 95.6 Å². The van der Waals surface area contributed by atoms with Gasteiger partial charge in [-0.15, -0.1) is 0 Å². The fourth-order valence-electron chi connectivity index (χ4n) is 7.76. The van der Waals surface area contributed by atoms with Crippen molar-refractivity contribution in [2.75, 3.05) is 37.8 Å². The second-order valence-electron chi connectivity index (χ2n) is 13.7. The number of nitrogens with zero attached hydrogens (tertiary/aromatic N) is 5. The number of rotatable bonds is 8. The Bertz CT molecular complexity index is 2750. The van der Waals surface area contributed by atoms with Crippen molar-refractivity contribution in [2.24, 2.45) is 0 Å². The Hall–Kier alpha value is -5.06. The Labute approximate surface area is 301 Å². The minimum Gasteiger partial charge on any atom is -0.455 e. The zero-order chi connectivity index (χ0) is 36.9. The molecule has 272 valence electrons. The number of furan rings is 1. The number of aliphatic hydroxyl groups is 1. The third kappa shape index (κ3) is 5.45. The maximum absolute atomic E-state index is 15.3. The molecule has 7 aromatic rings. The number of pyridine rings is 1. The second kappa shape index (κ2) is 12.2. The number of morpholine rings is 1. The van der Waals surface area contributed by atoms with E-state index in [-0.39, 0.29) is 46.1 Å². The van der Waals surface area contributed by atoms with Gasteiger partial charge < -0.3 is 14.3 Å². The predicted octanol–water partition coefficient (Wildman–Crippen LogP) is 6.11. The van der Waals surface area contributed by atoms with Gasteiger partial charge in [0.05, 0.1) is 59.0 Å². The first-order valence-corrected chi connectivity index (χ1v) is 18.8. The minimum absolute atomic E-state index is 0.0611. The van der Waals surface area contributed by atoms with Crippen LogP contribution < -0.4 is 9.62 Å². The number of fused-ring (bicyclic) bond motifs is 8. The highest BCUT2D eigenvalue weighted by atomic mass is 32.2. The molecule has 0 aliphatic carbocycles. The minimum atomic E-state index is -3.83. The van der Waals surface area contributed by atoms with Gasteiger partial charge in [0.25, 0.3) is 0 Å². The smallest absolute Gasteiger partial charge is 0.232 e. The van der Waals surface area contributed by atoms with Gasteiger partial charge in [0, 0.05) is 53.7 Å². The van der Waals surface area contributed by atoms with E-state index in [2.05, 4.69) is 10.2 Å². The number of sulfonamides is 1. The summed E-state index contributed by atoms with van der Waals surface area (Å²) in [6.07, 6.45) is 0.850. The van der Waals surface area contributed by atoms with Crippen LogP contribution in [-0.2, 0) is 21.3 Å². The fourth-order valence-corrected chi connectivity index (χ4v) is 8.27. The van der Waals surface area contributed by atoms with Crippen molar-refractivity contribution >= 4 is 54.1 Å². The van der Waals surface area contributed by atoms with Crippen LogP contribution in [0.3, 0.4) is 0 Å². The average molecular weight is 743 g/mol. The van der Waals surface area contributed by atoms with E-state index in [0.29, 0.717) is 63.3 Å². The molecule has 9 rings (SSSR count). The molecule has 3 atom stereocenters. The van der Waals surface area contributed by atoms with Crippen molar-refractivity contribution in [1.82, 2.24) is 24.6 Å². The Balaban J connectivity index is 1.29. The number of nitrogens with one attached hydrogen (secondary N) is 1. The third-order valence-electron chi connectivity index (χ3n) is 10.5. The first-order valence-electron chi connectivity index (χ1n) is 17.0. The SMILES string of the molecule is CNC(O)c1c(-c2ccc(F)cc2F)oc2cc(N(C)S(C)(=O)=O)c(-c3ccc4nc(CN5CC6CC5CO6)n5c6cccc(F)c6cc5c4n3)cc12. The second-order valence-corrected chi connectivity index (χ2v) is 15.7. The van der Waals surface area contributed by atoms with Gasteiger partial charge in [-0.2, -0.15) is 0 Å². The highest BCUT2D eigenvalue weighted by molar-refractivity contribution is 7.92. The summed E-state index contributed by atoms with van der Waals surface area (Å²) in [4.78, 5) is 12.4. The number of likely N-dealkylation sites (tertiary alicyclic amines) is 1. The summed E-state index contributed by atoms with van der Waals surface area (Å²) in [6.45, 7) is 1.96. The maximum atomic E-state index is 15.3. The zero-order valence-corrected chi connectivity index (χ0v) is 29.6. The van der Waals surface area contributed by atoms with E-state index >= 15 is 8.78 Å². The van der Waals surface area contributed by atoms with Gasteiger partial charge >= 0.3 is 0 Å². The summed E-state index contributed by atoms with van der Waals surface area (Å²) < 4.78 is 85.3. The monoisotopic (exact) mass is 742 g/mol. The van der Waals surface area contributed by atoms with Crippen molar-refractivity contribution < 1.29 is 35.8 Å². The number of benzene rings is 3. The lowest BCUT2D eigenvalue weighted by Gasteiger charge is -2.26. The molecule has 2 aliphatic rings. The van der Waals surface area contributed by atoms with Crippen molar-refractivity contribution in [3.8, 4) is 22.6 Å². The number of halogens is 3. The van der Waals surface area contributed by atoms with Crippen LogP contribution in [0.5, 0.6) is 0 Å². The van der Waals surface area contributed by atoms with E-state index < -0.39 is 27.9 Å². The van der Waals surface area contributed by atoms with E-state index in [0.717, 1.165) is 35.4 Å². The lowest BCUT2D eigenvalue weighted by Crippen LogP contribution is -2.37. The molecule has 2 fully saturated rings. The van der Waals surface area contributed by atoms with Gasteiger partial charge in [-0.25, -0.2) is 31.6 Å². The van der Waals surface area contributed by atoms with Gasteiger partial charge in [-0.3, -0.25) is 18.9 Å². The molecule has 2 N–H and O–H groups in total. The molecule has 11 nitrogen and oxygen atoms in total. The normalized spacial score (nSPS) is 18.3. The van der Waals surface area contributed by atoms with E-state index in [1.54, 1.807) is 30.3 Å².